The molecule has 9 heteroatoms. The molecule has 1 aromatic heterocycles. The number of benzene rings is 2. The van der Waals surface area contributed by atoms with Gasteiger partial charge in [-0.25, -0.2) is 0 Å². The summed E-state index contributed by atoms with van der Waals surface area (Å²) in [5, 5.41) is 5.95. The molecule has 2 aliphatic heterocycles. The largest absolute Gasteiger partial charge is 0.338 e. The van der Waals surface area contributed by atoms with Crippen molar-refractivity contribution >= 4 is 40.9 Å². The maximum Gasteiger partial charge on any atom is 0.258 e. The van der Waals surface area contributed by atoms with Crippen LogP contribution in [-0.4, -0.2) is 28.3 Å². The van der Waals surface area contributed by atoms with Gasteiger partial charge < -0.3 is 15.5 Å². The third-order valence-electron chi connectivity index (χ3n) is 5.80. The highest BCUT2D eigenvalue weighted by Crippen LogP contribution is 2.31. The second-order valence-electron chi connectivity index (χ2n) is 7.89. The summed E-state index contributed by atoms with van der Waals surface area (Å²) in [6.45, 7) is 1.29. The molecule has 5 rings (SSSR count). The highest BCUT2D eigenvalue weighted by molar-refractivity contribution is 6.30. The first-order valence-corrected chi connectivity index (χ1v) is 10.7. The minimum absolute atomic E-state index is 0.131. The molecule has 2 amide bonds. The molecule has 0 unspecified atom stereocenters. The Hall–Kier alpha value is -3.65. The summed E-state index contributed by atoms with van der Waals surface area (Å²) in [5.41, 5.74) is 2.71. The van der Waals surface area contributed by atoms with Crippen LogP contribution in [0.3, 0.4) is 0 Å². The number of nitrogens with zero attached hydrogens (tertiary/aromatic N) is 2. The van der Waals surface area contributed by atoms with E-state index >= 15 is 0 Å². The lowest BCUT2D eigenvalue weighted by atomic mass is 9.92. The summed E-state index contributed by atoms with van der Waals surface area (Å²) in [7, 11) is 0. The lowest BCUT2D eigenvalue weighted by Crippen LogP contribution is -2.38. The Kier molecular flexibility index (Phi) is 5.14. The Morgan fingerprint density at radius 2 is 1.84 bits per heavy atom. The number of carbonyl (C=O) groups is 2. The maximum absolute atomic E-state index is 13.0. The minimum atomic E-state index is -0.943. The molecule has 8 nitrogen and oxygen atoms in total. The fourth-order valence-corrected chi connectivity index (χ4v) is 4.30. The first kappa shape index (κ1) is 20.3. The van der Waals surface area contributed by atoms with E-state index in [-0.39, 0.29) is 23.7 Å². The van der Waals surface area contributed by atoms with Gasteiger partial charge in [-0.05, 0) is 41.8 Å². The molecule has 0 spiro atoms. The molecule has 162 valence electrons. The summed E-state index contributed by atoms with van der Waals surface area (Å²) in [6.07, 6.45) is 0.697. The molecule has 2 aliphatic rings. The first-order chi connectivity index (χ1) is 15.5. The van der Waals surface area contributed by atoms with Gasteiger partial charge in [0.2, 0.25) is 17.8 Å². The fraction of sp³-hybridized carbons (Fsp3) is 0.217. The predicted molar refractivity (Wildman–Crippen MR) is 122 cm³/mol. The zero-order chi connectivity index (χ0) is 22.2. The molecule has 3 heterocycles. The van der Waals surface area contributed by atoms with Crippen molar-refractivity contribution < 1.29 is 9.59 Å². The van der Waals surface area contributed by atoms with E-state index in [2.05, 4.69) is 32.7 Å². The topological polar surface area (TPSA) is 107 Å². The number of aromatic amines is 1. The normalized spacial score (nSPS) is 17.2. The van der Waals surface area contributed by atoms with Crippen LogP contribution in [-0.2, 0) is 22.6 Å². The number of anilines is 3. The van der Waals surface area contributed by atoms with Gasteiger partial charge in [-0.3, -0.25) is 19.4 Å². The molecule has 0 radical (unpaired) electrons. The van der Waals surface area contributed by atoms with Gasteiger partial charge in [0.15, 0.2) is 0 Å². The zero-order valence-corrected chi connectivity index (χ0v) is 17.8. The Bertz CT molecular complexity index is 1270. The number of amides is 2. The van der Waals surface area contributed by atoms with E-state index in [1.165, 1.54) is 11.1 Å². The summed E-state index contributed by atoms with van der Waals surface area (Å²) in [5.74, 6) is -1.24. The predicted octanol–water partition coefficient (Wildman–Crippen LogP) is 3.05. The number of H-pyrrole nitrogens is 1. The lowest BCUT2D eigenvalue weighted by molar-refractivity contribution is -0.123. The van der Waals surface area contributed by atoms with Crippen molar-refractivity contribution in [2.45, 2.75) is 25.3 Å². The number of carbonyl (C=O) groups excluding carboxylic acids is 2. The summed E-state index contributed by atoms with van der Waals surface area (Å²) in [6, 6.07) is 14.8. The van der Waals surface area contributed by atoms with Crippen LogP contribution in [0.4, 0.5) is 17.5 Å². The average molecular weight is 450 g/mol. The standard InChI is InChI=1S/C23H20ClN5O3/c24-15-5-7-16(8-6-15)25-21(31)17-11-18(30)26-20-19(17)22(32)28-23(27-20)29-10-9-13-3-1-2-4-14(13)12-29/h1-8,17H,9-12H2,(H,25,31)(H2,26,27,28,30,32)/t17-/m1/s1. The zero-order valence-electron chi connectivity index (χ0n) is 17.0. The van der Waals surface area contributed by atoms with Crippen LogP contribution in [0, 0.1) is 0 Å². The van der Waals surface area contributed by atoms with E-state index in [4.69, 9.17) is 11.6 Å². The Morgan fingerprint density at radius 1 is 1.09 bits per heavy atom. The molecular weight excluding hydrogens is 430 g/mol. The first-order valence-electron chi connectivity index (χ1n) is 10.3. The van der Waals surface area contributed by atoms with Crippen LogP contribution in [0.15, 0.2) is 53.3 Å². The number of aromatic nitrogens is 2. The highest BCUT2D eigenvalue weighted by atomic mass is 35.5. The van der Waals surface area contributed by atoms with E-state index in [9.17, 15) is 14.4 Å². The van der Waals surface area contributed by atoms with Gasteiger partial charge in [0.1, 0.15) is 5.82 Å². The molecule has 0 saturated heterocycles. The second-order valence-corrected chi connectivity index (χ2v) is 8.33. The third kappa shape index (κ3) is 3.85. The number of nitrogens with one attached hydrogen (secondary N) is 3. The van der Waals surface area contributed by atoms with Crippen molar-refractivity contribution in [3.63, 3.8) is 0 Å². The van der Waals surface area contributed by atoms with Gasteiger partial charge in [0, 0.05) is 30.2 Å². The van der Waals surface area contributed by atoms with E-state index in [1.807, 2.05) is 17.0 Å². The monoisotopic (exact) mass is 449 g/mol. The minimum Gasteiger partial charge on any atom is -0.338 e. The number of fused-ring (bicyclic) bond motifs is 2. The van der Waals surface area contributed by atoms with Gasteiger partial charge in [-0.15, -0.1) is 0 Å². The van der Waals surface area contributed by atoms with Crippen molar-refractivity contribution in [2.24, 2.45) is 0 Å². The summed E-state index contributed by atoms with van der Waals surface area (Å²) < 4.78 is 0. The van der Waals surface area contributed by atoms with Crippen molar-refractivity contribution in [1.82, 2.24) is 9.97 Å². The van der Waals surface area contributed by atoms with Gasteiger partial charge in [0.05, 0.1) is 11.5 Å². The van der Waals surface area contributed by atoms with Gasteiger partial charge in [-0.2, -0.15) is 4.98 Å². The molecule has 0 fully saturated rings. The van der Waals surface area contributed by atoms with Crippen LogP contribution in [0.1, 0.15) is 29.0 Å². The number of rotatable bonds is 3. The molecule has 1 atom stereocenters. The van der Waals surface area contributed by atoms with E-state index in [0.29, 0.717) is 29.7 Å². The molecule has 3 N–H and O–H groups in total. The van der Waals surface area contributed by atoms with Gasteiger partial charge in [-0.1, -0.05) is 35.9 Å². The second kappa shape index (κ2) is 8.12. The smallest absolute Gasteiger partial charge is 0.258 e. The molecule has 3 aromatic rings. The van der Waals surface area contributed by atoms with E-state index < -0.39 is 17.4 Å². The fourth-order valence-electron chi connectivity index (χ4n) is 4.17. The van der Waals surface area contributed by atoms with Crippen molar-refractivity contribution in [3.05, 3.63) is 80.6 Å². The summed E-state index contributed by atoms with van der Waals surface area (Å²) in [4.78, 5) is 47.6. The van der Waals surface area contributed by atoms with Crippen LogP contribution in [0.2, 0.25) is 5.02 Å². The average Bonchev–Trinajstić information content (AvgIpc) is 2.79. The molecule has 0 aliphatic carbocycles. The number of halogens is 1. The number of hydrogen-bond donors (Lipinski definition) is 3. The third-order valence-corrected chi connectivity index (χ3v) is 6.05. The van der Waals surface area contributed by atoms with Gasteiger partial charge >= 0.3 is 0 Å². The van der Waals surface area contributed by atoms with Gasteiger partial charge in [0.25, 0.3) is 5.56 Å². The molecule has 2 aromatic carbocycles. The molecule has 0 saturated carbocycles. The molecule has 0 bridgehead atoms. The van der Waals surface area contributed by atoms with Crippen molar-refractivity contribution in [2.75, 3.05) is 22.1 Å². The lowest BCUT2D eigenvalue weighted by Gasteiger charge is -2.30. The van der Waals surface area contributed by atoms with Crippen molar-refractivity contribution in [1.29, 1.82) is 0 Å². The SMILES string of the molecule is O=C1C[C@@H](C(=O)Nc2ccc(Cl)cc2)c2c(nc(N3CCc4ccccc4C3)[nH]c2=O)N1. The molecular formula is C23H20ClN5O3. The van der Waals surface area contributed by atoms with Crippen LogP contribution < -0.4 is 21.1 Å². The Labute approximate surface area is 188 Å². The van der Waals surface area contributed by atoms with E-state index in [1.54, 1.807) is 24.3 Å². The van der Waals surface area contributed by atoms with E-state index in [0.717, 1.165) is 6.42 Å². The maximum atomic E-state index is 13.0. The van der Waals surface area contributed by atoms with Crippen LogP contribution in [0.25, 0.3) is 0 Å². The summed E-state index contributed by atoms with van der Waals surface area (Å²) >= 11 is 5.89. The highest BCUT2D eigenvalue weighted by Gasteiger charge is 2.35. The van der Waals surface area contributed by atoms with Crippen LogP contribution >= 0.6 is 11.6 Å². The number of hydrogen-bond acceptors (Lipinski definition) is 5. The molecule has 32 heavy (non-hydrogen) atoms. The Balaban J connectivity index is 1.44. The van der Waals surface area contributed by atoms with Crippen LogP contribution in [0.5, 0.6) is 0 Å². The quantitative estimate of drug-likeness (QED) is 0.569. The van der Waals surface area contributed by atoms with Crippen molar-refractivity contribution in [3.8, 4) is 0 Å². The Morgan fingerprint density at radius 3 is 2.62 bits per heavy atom.